The number of halogens is 3. The van der Waals surface area contributed by atoms with Gasteiger partial charge in [-0.3, -0.25) is 0 Å². The second-order valence-corrected chi connectivity index (χ2v) is 21.7. The first-order chi connectivity index (χ1) is 23.1. The van der Waals surface area contributed by atoms with Gasteiger partial charge in [0.15, 0.2) is 0 Å². The van der Waals surface area contributed by atoms with Crippen molar-refractivity contribution in [2.75, 3.05) is 114 Å². The molecule has 3 aromatic rings. The fraction of sp³-hybridized carbons (Fsp3) is 0.476. The van der Waals surface area contributed by atoms with E-state index in [4.69, 9.17) is 0 Å². The molecule has 0 unspecified atom stereocenters. The largest absolute Gasteiger partial charge is 1.00 e. The van der Waals surface area contributed by atoms with E-state index in [1.165, 1.54) is 88.7 Å². The van der Waals surface area contributed by atoms with Crippen LogP contribution < -0.4 is 82.2 Å². The van der Waals surface area contributed by atoms with Gasteiger partial charge in [-0.25, -0.2) is 0 Å². The summed E-state index contributed by atoms with van der Waals surface area (Å²) in [6.45, 7) is 16.5. The molecular weight excluding hydrogens is 771 g/mol. The summed E-state index contributed by atoms with van der Waals surface area (Å²) in [6.07, 6.45) is 0. The zero-order valence-corrected chi connectivity index (χ0v) is 40.6. The minimum atomic E-state index is -3.29. The minimum Gasteiger partial charge on any atom is -1.00 e. The fourth-order valence-electron chi connectivity index (χ4n) is 8.70. The molecule has 0 saturated heterocycles. The molecular formula is C42H63Cl3N6SiTi. The van der Waals surface area contributed by atoms with E-state index < -0.39 is 8.07 Å². The van der Waals surface area contributed by atoms with Crippen molar-refractivity contribution >= 4 is 57.8 Å². The van der Waals surface area contributed by atoms with Crippen molar-refractivity contribution in [2.24, 2.45) is 0 Å². The van der Waals surface area contributed by atoms with E-state index in [2.05, 4.69) is 219 Å². The SMILES string of the molecule is CC1=C(C)[C]([Ti+3])([Si](c2cc(N(C)C)cc(C)c2N(C)C)(c2cc(N(C)C)cc(C)c2N(C)C)c2cc(N(C)C)cc(C)c2N(C)C)C(C)=C1C.[Cl-].[Cl-].[Cl-]. The quantitative estimate of drug-likeness (QED) is 0.164. The van der Waals surface area contributed by atoms with Gasteiger partial charge < -0.3 is 37.2 Å². The molecule has 0 heterocycles. The zero-order chi connectivity index (χ0) is 37.9. The molecule has 0 bridgehead atoms. The van der Waals surface area contributed by atoms with Gasteiger partial charge in [-0.1, -0.05) is 0 Å². The molecule has 6 nitrogen and oxygen atoms in total. The summed E-state index contributed by atoms with van der Waals surface area (Å²) in [5.41, 5.74) is 17.4. The average Bonchev–Trinajstić information content (AvgIpc) is 3.15. The Bertz CT molecular complexity index is 1690. The van der Waals surface area contributed by atoms with E-state index in [-0.39, 0.29) is 40.6 Å². The number of anilines is 6. The van der Waals surface area contributed by atoms with Crippen LogP contribution >= 0.6 is 0 Å². The molecule has 0 radical (unpaired) electrons. The van der Waals surface area contributed by atoms with Gasteiger partial charge in [0.2, 0.25) is 0 Å². The van der Waals surface area contributed by atoms with Crippen molar-refractivity contribution in [1.29, 1.82) is 0 Å². The normalized spacial score (nSPS) is 13.6. The predicted octanol–water partition coefficient (Wildman–Crippen LogP) is -2.58. The van der Waals surface area contributed by atoms with Crippen molar-refractivity contribution in [2.45, 2.75) is 51.8 Å². The third-order valence-corrected chi connectivity index (χ3v) is 19.7. The third-order valence-electron chi connectivity index (χ3n) is 11.3. The van der Waals surface area contributed by atoms with Gasteiger partial charge in [-0.05, 0) is 0 Å². The van der Waals surface area contributed by atoms with Gasteiger partial charge in [-0.15, -0.1) is 0 Å². The zero-order valence-electron chi connectivity index (χ0n) is 35.8. The van der Waals surface area contributed by atoms with Gasteiger partial charge >= 0.3 is 319 Å². The Morgan fingerprint density at radius 1 is 0.396 bits per heavy atom. The molecule has 0 spiro atoms. The van der Waals surface area contributed by atoms with Gasteiger partial charge in [0.1, 0.15) is 0 Å². The van der Waals surface area contributed by atoms with Gasteiger partial charge in [-0.2, -0.15) is 0 Å². The maximum absolute atomic E-state index is 3.29. The topological polar surface area (TPSA) is 19.4 Å². The monoisotopic (exact) mass is 832 g/mol. The van der Waals surface area contributed by atoms with Gasteiger partial charge in [0, 0.05) is 0 Å². The van der Waals surface area contributed by atoms with E-state index in [0.717, 1.165) is 0 Å². The number of allylic oxidation sites excluding steroid dienone is 4. The average molecular weight is 834 g/mol. The van der Waals surface area contributed by atoms with Crippen molar-refractivity contribution in [3.63, 3.8) is 0 Å². The number of nitrogens with zero attached hydrogens (tertiary/aromatic N) is 6. The van der Waals surface area contributed by atoms with E-state index >= 15 is 0 Å². The predicted molar refractivity (Wildman–Crippen MR) is 224 cm³/mol. The van der Waals surface area contributed by atoms with Crippen LogP contribution in [-0.4, -0.2) is 92.6 Å². The van der Waals surface area contributed by atoms with Crippen LogP contribution in [-0.2, 0) is 20.4 Å². The first-order valence-electron chi connectivity index (χ1n) is 17.7. The minimum absolute atomic E-state index is 0. The van der Waals surface area contributed by atoms with Crippen molar-refractivity contribution in [3.8, 4) is 0 Å². The number of aryl methyl sites for hydroxylation is 3. The van der Waals surface area contributed by atoms with Crippen LogP contribution in [0.15, 0.2) is 58.7 Å². The number of benzene rings is 3. The Kier molecular flexibility index (Phi) is 16.3. The summed E-state index contributed by atoms with van der Waals surface area (Å²) in [4.78, 5) is 14.0. The maximum atomic E-state index is 2.61. The summed E-state index contributed by atoms with van der Waals surface area (Å²) in [6, 6.07) is 14.8. The first-order valence-corrected chi connectivity index (χ1v) is 20.5. The van der Waals surface area contributed by atoms with Crippen LogP contribution in [0.25, 0.3) is 0 Å². The molecule has 0 atom stereocenters. The molecule has 0 aliphatic heterocycles. The second-order valence-electron chi connectivity index (χ2n) is 15.8. The number of rotatable bonds is 10. The Labute approximate surface area is 354 Å². The molecule has 1 aliphatic rings. The molecule has 11 heteroatoms. The van der Waals surface area contributed by atoms with E-state index in [0.29, 0.717) is 0 Å². The fourth-order valence-corrected chi connectivity index (χ4v) is 18.2. The van der Waals surface area contributed by atoms with Gasteiger partial charge in [0.25, 0.3) is 0 Å². The molecule has 0 aromatic heterocycles. The van der Waals surface area contributed by atoms with Crippen LogP contribution in [0.5, 0.6) is 0 Å². The molecule has 4 rings (SSSR count). The van der Waals surface area contributed by atoms with Gasteiger partial charge in [0.05, 0.1) is 0 Å². The van der Waals surface area contributed by atoms with Crippen LogP contribution in [0, 0.1) is 20.8 Å². The Balaban J connectivity index is 0.00000468. The Hall–Kier alpha value is -2.26. The molecule has 0 N–H and O–H groups in total. The van der Waals surface area contributed by atoms with Crippen molar-refractivity contribution in [3.05, 3.63) is 75.4 Å². The Morgan fingerprint density at radius 3 is 0.811 bits per heavy atom. The molecule has 0 fully saturated rings. The third kappa shape index (κ3) is 7.78. The van der Waals surface area contributed by atoms with Crippen molar-refractivity contribution in [1.82, 2.24) is 0 Å². The number of hydrogen-bond acceptors (Lipinski definition) is 6. The summed E-state index contributed by atoms with van der Waals surface area (Å²) >= 11 is 2.61. The van der Waals surface area contributed by atoms with Crippen LogP contribution in [0.1, 0.15) is 44.4 Å². The van der Waals surface area contributed by atoms with Crippen molar-refractivity contribution < 1.29 is 57.7 Å². The molecule has 0 saturated carbocycles. The molecule has 53 heavy (non-hydrogen) atoms. The Morgan fingerprint density at radius 2 is 0.623 bits per heavy atom. The number of hydrogen-bond donors (Lipinski definition) is 0. The standard InChI is InChI=1S/C42H63N6Si.3ClH.Ti/c1-26-20-33(43(8)9)23-36(39(26)46(14)15)49(42-31(6)29(4)30(5)32(42)7,37-24-34(44(10)11)21-27(2)40(37)47(16)17)38-25-35(45(12)13)22-28(3)41(38)48(18)19;;;;/h20-25H,1-19H3;3*1H;/q;;;;+3/p-3. The first kappa shape index (κ1) is 48.8. The summed E-state index contributed by atoms with van der Waals surface area (Å²) < 4.78 is -0.312. The molecule has 1 aliphatic carbocycles. The summed E-state index contributed by atoms with van der Waals surface area (Å²) in [5.74, 6) is 0. The maximum Gasteiger partial charge on any atom is -1.00 e. The van der Waals surface area contributed by atoms with E-state index in [9.17, 15) is 0 Å². The summed E-state index contributed by atoms with van der Waals surface area (Å²) in [7, 11) is 23.2. The van der Waals surface area contributed by atoms with Crippen LogP contribution in [0.2, 0.25) is 3.34 Å². The van der Waals surface area contributed by atoms with Crippen LogP contribution in [0.3, 0.4) is 0 Å². The smallest absolute Gasteiger partial charge is 1.00 e. The van der Waals surface area contributed by atoms with Crippen LogP contribution in [0.4, 0.5) is 34.1 Å². The molecule has 290 valence electrons. The molecule has 0 amide bonds. The molecule has 3 aromatic carbocycles. The second kappa shape index (κ2) is 17.7. The van der Waals surface area contributed by atoms with E-state index in [1.807, 2.05) is 0 Å². The summed E-state index contributed by atoms with van der Waals surface area (Å²) in [5, 5.41) is 4.35. The van der Waals surface area contributed by atoms with E-state index in [1.54, 1.807) is 0 Å².